The van der Waals surface area contributed by atoms with Crippen LogP contribution in [0.1, 0.15) is 53.7 Å². The first-order valence-corrected chi connectivity index (χ1v) is 6.87. The molecule has 0 radical (unpaired) electrons. The fourth-order valence-electron chi connectivity index (χ4n) is 2.80. The summed E-state index contributed by atoms with van der Waals surface area (Å²) < 4.78 is 26.8. The zero-order valence-electron chi connectivity index (χ0n) is 14.3. The summed E-state index contributed by atoms with van der Waals surface area (Å²) in [6.07, 6.45) is 2.40. The highest BCUT2D eigenvalue weighted by Crippen LogP contribution is 2.37. The summed E-state index contributed by atoms with van der Waals surface area (Å²) in [6.45, 7) is -0.559. The lowest BCUT2D eigenvalue weighted by atomic mass is 9.95. The van der Waals surface area contributed by atoms with Crippen molar-refractivity contribution in [2.45, 2.75) is 45.4 Å². The van der Waals surface area contributed by atoms with Crippen LogP contribution in [-0.4, -0.2) is 15.9 Å². The van der Waals surface area contributed by atoms with Gasteiger partial charge < -0.3 is 9.32 Å². The van der Waals surface area contributed by atoms with Crippen molar-refractivity contribution in [3.05, 3.63) is 35.2 Å². The maximum atomic E-state index is 11.8. The Hall–Kier alpha value is -1.97. The minimum atomic E-state index is -2.51. The molecule has 1 aliphatic carbocycles. The molecular formula is C16H18N2O2. The van der Waals surface area contributed by atoms with Crippen LogP contribution in [0, 0.1) is 0 Å². The molecule has 0 spiro atoms. The topological polar surface area (TPSA) is 56.0 Å². The maximum absolute atomic E-state index is 11.8. The summed E-state index contributed by atoms with van der Waals surface area (Å²) in [7, 11) is 0. The van der Waals surface area contributed by atoms with Gasteiger partial charge in [-0.1, -0.05) is 24.2 Å². The van der Waals surface area contributed by atoms with Crippen LogP contribution in [0.4, 0.5) is 0 Å². The number of Topliss-reactive ketones (excluding diaryl/α,β-unsaturated/α-hetero) is 1. The van der Waals surface area contributed by atoms with E-state index >= 15 is 0 Å². The molecule has 1 aromatic heterocycles. The number of aryl methyl sites for hydroxylation is 2. The molecule has 0 bridgehead atoms. The van der Waals surface area contributed by atoms with Crippen molar-refractivity contribution in [3.8, 4) is 11.4 Å². The molecule has 3 rings (SSSR count). The third-order valence-corrected chi connectivity index (χ3v) is 3.81. The van der Waals surface area contributed by atoms with Crippen LogP contribution in [0.2, 0.25) is 0 Å². The van der Waals surface area contributed by atoms with E-state index in [-0.39, 0.29) is 12.3 Å². The number of hydrogen-bond donors (Lipinski definition) is 0. The number of hydrogen-bond acceptors (Lipinski definition) is 4. The number of nitrogens with zero attached hydrogens (tertiary/aromatic N) is 2. The zero-order valence-corrected chi connectivity index (χ0v) is 11.3. The molecule has 1 aromatic carbocycles. The molecule has 0 unspecified atom stereocenters. The van der Waals surface area contributed by atoms with Gasteiger partial charge in [-0.15, -0.1) is 0 Å². The normalized spacial score (nSPS) is 20.1. The monoisotopic (exact) mass is 273 g/mol. The lowest BCUT2D eigenvalue weighted by Gasteiger charge is -2.09. The van der Waals surface area contributed by atoms with Crippen LogP contribution >= 0.6 is 0 Å². The van der Waals surface area contributed by atoms with Gasteiger partial charge in [0.25, 0.3) is 0 Å². The Kier molecular flexibility index (Phi) is 2.56. The van der Waals surface area contributed by atoms with Crippen molar-refractivity contribution < 1.29 is 13.4 Å². The van der Waals surface area contributed by atoms with Gasteiger partial charge in [0.05, 0.1) is 0 Å². The average Bonchev–Trinajstić information content (AvgIpc) is 3.13. The van der Waals surface area contributed by atoms with Gasteiger partial charge in [0.2, 0.25) is 11.7 Å². The number of carbonyl (C=O) groups excluding carboxylic acids is 1. The van der Waals surface area contributed by atoms with Crippen LogP contribution < -0.4 is 0 Å². The smallest absolute Gasteiger partial charge is 0.226 e. The van der Waals surface area contributed by atoms with Crippen LogP contribution in [-0.2, 0) is 17.6 Å². The molecule has 104 valence electrons. The Morgan fingerprint density at radius 3 is 3.20 bits per heavy atom. The molecule has 4 heteroatoms. The summed E-state index contributed by atoms with van der Waals surface area (Å²) in [6, 6.07) is 5.87. The summed E-state index contributed by atoms with van der Waals surface area (Å²) in [4.78, 5) is 16.1. The first kappa shape index (κ1) is 9.86. The van der Waals surface area contributed by atoms with Crippen molar-refractivity contribution in [3.63, 3.8) is 0 Å². The average molecular weight is 273 g/mol. The second-order valence-corrected chi connectivity index (χ2v) is 5.14. The third kappa shape index (κ3) is 2.38. The zero-order chi connectivity index (χ0) is 16.6. The van der Waals surface area contributed by atoms with Crippen LogP contribution in [0.15, 0.2) is 22.7 Å². The van der Waals surface area contributed by atoms with E-state index in [1.807, 2.05) is 25.1 Å². The SMILES string of the molecule is [2H]C([2H])([2H])C(=O)C[C@@H]1CCc2cc(-c3noc(CC)n3)ccc21. The number of ketones is 1. The van der Waals surface area contributed by atoms with Gasteiger partial charge in [-0.2, -0.15) is 4.98 Å². The Morgan fingerprint density at radius 1 is 1.55 bits per heavy atom. The fourth-order valence-corrected chi connectivity index (χ4v) is 2.80. The van der Waals surface area contributed by atoms with Gasteiger partial charge in [0, 0.05) is 22.5 Å². The van der Waals surface area contributed by atoms with E-state index in [9.17, 15) is 4.79 Å². The third-order valence-electron chi connectivity index (χ3n) is 3.81. The number of carbonyl (C=O) groups is 1. The standard InChI is InChI=1S/C16H18N2O2/c1-3-15-17-16(18-20-15)13-6-7-14-11(8-10(2)19)4-5-12(14)9-13/h6-7,9,11H,3-5,8H2,1-2H3/t11-/m0/s1/i2D3. The molecule has 4 nitrogen and oxygen atoms in total. The molecule has 0 fully saturated rings. The van der Waals surface area contributed by atoms with Gasteiger partial charge in [-0.3, -0.25) is 0 Å². The lowest BCUT2D eigenvalue weighted by Crippen LogP contribution is -2.00. The number of fused-ring (bicyclic) bond motifs is 1. The van der Waals surface area contributed by atoms with Gasteiger partial charge >= 0.3 is 0 Å². The Bertz CT molecular complexity index is 737. The summed E-state index contributed by atoms with van der Waals surface area (Å²) in [5.41, 5.74) is 3.08. The van der Waals surface area contributed by atoms with E-state index in [0.717, 1.165) is 29.5 Å². The quantitative estimate of drug-likeness (QED) is 0.857. The van der Waals surface area contributed by atoms with E-state index in [0.29, 0.717) is 18.1 Å². The summed E-state index contributed by atoms with van der Waals surface area (Å²) in [5, 5.41) is 3.97. The molecule has 0 N–H and O–H groups in total. The largest absolute Gasteiger partial charge is 0.339 e. The maximum Gasteiger partial charge on any atom is 0.226 e. The lowest BCUT2D eigenvalue weighted by molar-refractivity contribution is -0.117. The molecule has 2 aromatic rings. The van der Waals surface area contributed by atoms with Crippen molar-refractivity contribution in [1.29, 1.82) is 0 Å². The molecule has 1 heterocycles. The van der Waals surface area contributed by atoms with E-state index in [1.54, 1.807) is 0 Å². The second kappa shape index (κ2) is 5.19. The number of rotatable bonds is 4. The molecule has 1 aliphatic rings. The minimum Gasteiger partial charge on any atom is -0.339 e. The highest BCUT2D eigenvalue weighted by molar-refractivity contribution is 5.76. The van der Waals surface area contributed by atoms with Gasteiger partial charge in [0.1, 0.15) is 5.78 Å². The van der Waals surface area contributed by atoms with Crippen LogP contribution in [0.3, 0.4) is 0 Å². The van der Waals surface area contributed by atoms with E-state index < -0.39 is 12.6 Å². The second-order valence-electron chi connectivity index (χ2n) is 5.14. The molecular weight excluding hydrogens is 252 g/mol. The fraction of sp³-hybridized carbons (Fsp3) is 0.438. The minimum absolute atomic E-state index is 0.0107. The first-order chi connectivity index (χ1) is 10.9. The van der Waals surface area contributed by atoms with Crippen LogP contribution in [0.25, 0.3) is 11.4 Å². The van der Waals surface area contributed by atoms with E-state index in [2.05, 4.69) is 10.1 Å². The van der Waals surface area contributed by atoms with Crippen molar-refractivity contribution >= 4 is 5.78 Å². The molecule has 20 heavy (non-hydrogen) atoms. The highest BCUT2D eigenvalue weighted by atomic mass is 16.5. The first-order valence-electron chi connectivity index (χ1n) is 8.37. The molecule has 0 saturated carbocycles. The van der Waals surface area contributed by atoms with Crippen molar-refractivity contribution in [1.82, 2.24) is 10.1 Å². The predicted octanol–water partition coefficient (Wildman–Crippen LogP) is 3.31. The van der Waals surface area contributed by atoms with Crippen molar-refractivity contribution in [2.24, 2.45) is 0 Å². The predicted molar refractivity (Wildman–Crippen MR) is 75.5 cm³/mol. The Morgan fingerprint density at radius 2 is 2.45 bits per heavy atom. The molecule has 0 aliphatic heterocycles. The molecule has 1 atom stereocenters. The molecule has 0 amide bonds. The van der Waals surface area contributed by atoms with Gasteiger partial charge in [-0.25, -0.2) is 0 Å². The summed E-state index contributed by atoms with van der Waals surface area (Å²) in [5.74, 6) is 0.488. The van der Waals surface area contributed by atoms with Gasteiger partial charge in [0.15, 0.2) is 0 Å². The van der Waals surface area contributed by atoms with Gasteiger partial charge in [-0.05, 0) is 42.8 Å². The Labute approximate surface area is 122 Å². The highest BCUT2D eigenvalue weighted by Gasteiger charge is 2.24. The number of aromatic nitrogens is 2. The number of benzene rings is 1. The van der Waals surface area contributed by atoms with Crippen LogP contribution in [0.5, 0.6) is 0 Å². The Balaban J connectivity index is 1.81. The summed E-state index contributed by atoms with van der Waals surface area (Å²) >= 11 is 0. The van der Waals surface area contributed by atoms with Crippen molar-refractivity contribution in [2.75, 3.05) is 0 Å². The van der Waals surface area contributed by atoms with E-state index in [4.69, 9.17) is 8.64 Å². The molecule has 0 saturated heterocycles. The van der Waals surface area contributed by atoms with E-state index in [1.165, 1.54) is 0 Å².